The van der Waals surface area contributed by atoms with Crippen LogP contribution in [0.5, 0.6) is 0 Å². The van der Waals surface area contributed by atoms with Crippen molar-refractivity contribution >= 4 is 11.5 Å². The molecule has 1 amide bonds. The molecule has 0 radical (unpaired) electrons. The summed E-state index contributed by atoms with van der Waals surface area (Å²) in [5.41, 5.74) is 7.67. The van der Waals surface area contributed by atoms with Gasteiger partial charge in [-0.15, -0.1) is 0 Å². The van der Waals surface area contributed by atoms with E-state index in [1.165, 1.54) is 16.7 Å². The summed E-state index contributed by atoms with van der Waals surface area (Å²) >= 11 is 0. The Bertz CT molecular complexity index is 811. The SMILES string of the molecule is C=C1C(C)=C(C)C(c2ccc(C(=O)N3CCN(C)CC3)c(C)c2)=CN1C. The van der Waals surface area contributed by atoms with Crippen LogP contribution in [-0.2, 0) is 0 Å². The molecule has 0 spiro atoms. The lowest BCUT2D eigenvalue weighted by atomic mass is 9.90. The van der Waals surface area contributed by atoms with Gasteiger partial charge in [0.2, 0.25) is 0 Å². The Labute approximate surface area is 157 Å². The van der Waals surface area contributed by atoms with Crippen molar-refractivity contribution in [2.24, 2.45) is 0 Å². The Morgan fingerprint density at radius 2 is 1.65 bits per heavy atom. The zero-order valence-corrected chi connectivity index (χ0v) is 16.6. The van der Waals surface area contributed by atoms with Crippen LogP contribution in [-0.4, -0.2) is 60.9 Å². The van der Waals surface area contributed by atoms with Crippen molar-refractivity contribution in [3.63, 3.8) is 0 Å². The minimum absolute atomic E-state index is 0.147. The fraction of sp³-hybridized carbons (Fsp3) is 0.409. The first-order valence-corrected chi connectivity index (χ1v) is 9.20. The minimum Gasteiger partial charge on any atom is -0.351 e. The first kappa shape index (κ1) is 18.5. The predicted molar refractivity (Wildman–Crippen MR) is 108 cm³/mol. The second-order valence-corrected chi connectivity index (χ2v) is 7.48. The number of nitrogens with zero attached hydrogens (tertiary/aromatic N) is 3. The molecule has 26 heavy (non-hydrogen) atoms. The number of carbonyl (C=O) groups excluding carboxylic acids is 1. The predicted octanol–water partition coefficient (Wildman–Crippen LogP) is 3.52. The molecule has 0 aromatic heterocycles. The topological polar surface area (TPSA) is 26.8 Å². The summed E-state index contributed by atoms with van der Waals surface area (Å²) in [6.45, 7) is 13.9. The van der Waals surface area contributed by atoms with Crippen molar-refractivity contribution in [2.45, 2.75) is 20.8 Å². The molecular weight excluding hydrogens is 322 g/mol. The van der Waals surface area contributed by atoms with Crippen LogP contribution in [0.25, 0.3) is 5.57 Å². The number of piperazine rings is 1. The van der Waals surface area contributed by atoms with Crippen molar-refractivity contribution < 1.29 is 4.79 Å². The normalized spacial score (nSPS) is 19.1. The standard InChI is InChI=1S/C22H29N3O/c1-15-13-19(21-14-24(6)18(4)16(2)17(21)3)7-8-20(15)22(26)25-11-9-23(5)10-12-25/h7-8,13-14H,4,9-12H2,1-3,5-6H3. The molecule has 2 heterocycles. The van der Waals surface area contributed by atoms with E-state index in [1.807, 2.05) is 24.9 Å². The Morgan fingerprint density at radius 3 is 2.27 bits per heavy atom. The Hall–Kier alpha value is -2.33. The third-order valence-electron chi connectivity index (χ3n) is 5.71. The number of aryl methyl sites for hydroxylation is 1. The number of allylic oxidation sites excluding steroid dienone is 3. The number of hydrogen-bond donors (Lipinski definition) is 0. The average molecular weight is 351 g/mol. The average Bonchev–Trinajstić information content (AvgIpc) is 2.63. The van der Waals surface area contributed by atoms with Gasteiger partial charge in [-0.3, -0.25) is 4.79 Å². The number of benzene rings is 1. The van der Waals surface area contributed by atoms with E-state index in [2.05, 4.69) is 55.6 Å². The molecule has 2 aliphatic heterocycles. The van der Waals surface area contributed by atoms with Crippen molar-refractivity contribution in [1.29, 1.82) is 0 Å². The number of carbonyl (C=O) groups is 1. The molecule has 0 saturated carbocycles. The zero-order chi connectivity index (χ0) is 19.0. The molecule has 4 nitrogen and oxygen atoms in total. The third kappa shape index (κ3) is 3.34. The van der Waals surface area contributed by atoms with Gasteiger partial charge in [0.1, 0.15) is 0 Å². The van der Waals surface area contributed by atoms with Gasteiger partial charge in [-0.2, -0.15) is 0 Å². The maximum atomic E-state index is 12.9. The van der Waals surface area contributed by atoms with Crippen LogP contribution in [0.4, 0.5) is 0 Å². The second kappa shape index (κ2) is 7.12. The summed E-state index contributed by atoms with van der Waals surface area (Å²) in [5, 5.41) is 0. The van der Waals surface area contributed by atoms with E-state index in [0.717, 1.165) is 48.6 Å². The molecule has 138 valence electrons. The lowest BCUT2D eigenvalue weighted by Crippen LogP contribution is -2.47. The molecule has 1 aromatic carbocycles. The van der Waals surface area contributed by atoms with Crippen LogP contribution in [0, 0.1) is 6.92 Å². The summed E-state index contributed by atoms with van der Waals surface area (Å²) in [6, 6.07) is 6.19. The van der Waals surface area contributed by atoms with Crippen molar-refractivity contribution in [3.8, 4) is 0 Å². The van der Waals surface area contributed by atoms with Gasteiger partial charge in [-0.25, -0.2) is 0 Å². The smallest absolute Gasteiger partial charge is 0.254 e. The van der Waals surface area contributed by atoms with Gasteiger partial charge in [-0.1, -0.05) is 18.7 Å². The van der Waals surface area contributed by atoms with Crippen LogP contribution in [0.3, 0.4) is 0 Å². The van der Waals surface area contributed by atoms with E-state index in [-0.39, 0.29) is 5.91 Å². The lowest BCUT2D eigenvalue weighted by Gasteiger charge is -2.33. The minimum atomic E-state index is 0.147. The molecule has 1 saturated heterocycles. The van der Waals surface area contributed by atoms with Crippen LogP contribution in [0.2, 0.25) is 0 Å². The molecule has 1 aromatic rings. The van der Waals surface area contributed by atoms with E-state index in [4.69, 9.17) is 0 Å². The van der Waals surface area contributed by atoms with Gasteiger partial charge in [-0.05, 0) is 56.2 Å². The molecule has 1 fully saturated rings. The fourth-order valence-corrected chi connectivity index (χ4v) is 3.59. The maximum Gasteiger partial charge on any atom is 0.254 e. The summed E-state index contributed by atoms with van der Waals surface area (Å²) in [6.07, 6.45) is 2.13. The van der Waals surface area contributed by atoms with Gasteiger partial charge in [0.05, 0.1) is 0 Å². The molecular formula is C22H29N3O. The Morgan fingerprint density at radius 1 is 1.00 bits per heavy atom. The summed E-state index contributed by atoms with van der Waals surface area (Å²) in [7, 11) is 4.12. The molecule has 0 atom stereocenters. The lowest BCUT2D eigenvalue weighted by molar-refractivity contribution is 0.0663. The molecule has 0 unspecified atom stereocenters. The molecule has 4 heteroatoms. The van der Waals surface area contributed by atoms with Crippen LogP contribution < -0.4 is 0 Å². The highest BCUT2D eigenvalue weighted by atomic mass is 16.2. The molecule has 0 bridgehead atoms. The monoisotopic (exact) mass is 351 g/mol. The zero-order valence-electron chi connectivity index (χ0n) is 16.6. The molecule has 2 aliphatic rings. The van der Waals surface area contributed by atoms with Crippen molar-refractivity contribution in [3.05, 3.63) is 64.5 Å². The summed E-state index contributed by atoms with van der Waals surface area (Å²) in [5.74, 6) is 0.147. The van der Waals surface area contributed by atoms with E-state index in [0.29, 0.717) is 0 Å². The summed E-state index contributed by atoms with van der Waals surface area (Å²) < 4.78 is 0. The van der Waals surface area contributed by atoms with Crippen LogP contribution in [0.15, 0.2) is 47.8 Å². The maximum absolute atomic E-state index is 12.9. The van der Waals surface area contributed by atoms with E-state index < -0.39 is 0 Å². The third-order valence-corrected chi connectivity index (χ3v) is 5.71. The van der Waals surface area contributed by atoms with Gasteiger partial charge >= 0.3 is 0 Å². The Kier molecular flexibility index (Phi) is 5.05. The highest BCUT2D eigenvalue weighted by Crippen LogP contribution is 2.34. The molecule has 0 N–H and O–H groups in total. The van der Waals surface area contributed by atoms with Crippen LogP contribution in [0.1, 0.15) is 35.3 Å². The number of hydrogen-bond acceptors (Lipinski definition) is 3. The van der Waals surface area contributed by atoms with Gasteiger partial charge < -0.3 is 14.7 Å². The van der Waals surface area contributed by atoms with Gasteiger partial charge in [0.25, 0.3) is 5.91 Å². The van der Waals surface area contributed by atoms with E-state index in [9.17, 15) is 4.79 Å². The number of amides is 1. The number of rotatable bonds is 2. The van der Waals surface area contributed by atoms with Crippen molar-refractivity contribution in [1.82, 2.24) is 14.7 Å². The highest BCUT2D eigenvalue weighted by molar-refractivity contribution is 5.96. The molecule has 3 rings (SSSR count). The van der Waals surface area contributed by atoms with Gasteiger partial charge in [0.15, 0.2) is 0 Å². The highest BCUT2D eigenvalue weighted by Gasteiger charge is 2.23. The quantitative estimate of drug-likeness (QED) is 0.816. The van der Waals surface area contributed by atoms with Crippen LogP contribution >= 0.6 is 0 Å². The first-order valence-electron chi connectivity index (χ1n) is 9.20. The van der Waals surface area contributed by atoms with E-state index in [1.54, 1.807) is 0 Å². The molecule has 0 aliphatic carbocycles. The Balaban J connectivity index is 1.88. The first-order chi connectivity index (χ1) is 12.3. The second-order valence-electron chi connectivity index (χ2n) is 7.48. The van der Waals surface area contributed by atoms with E-state index >= 15 is 0 Å². The summed E-state index contributed by atoms with van der Waals surface area (Å²) in [4.78, 5) is 19.2. The largest absolute Gasteiger partial charge is 0.351 e. The van der Waals surface area contributed by atoms with Crippen molar-refractivity contribution in [2.75, 3.05) is 40.3 Å². The van der Waals surface area contributed by atoms with Gasteiger partial charge in [0, 0.05) is 56.3 Å². The number of likely N-dealkylation sites (N-methyl/N-ethyl adjacent to an activating group) is 2. The fourth-order valence-electron chi connectivity index (χ4n) is 3.59.